The van der Waals surface area contributed by atoms with Gasteiger partial charge in [0.1, 0.15) is 5.69 Å². The summed E-state index contributed by atoms with van der Waals surface area (Å²) < 4.78 is 0. The van der Waals surface area contributed by atoms with Crippen LogP contribution in [0.1, 0.15) is 21.6 Å². The van der Waals surface area contributed by atoms with Crippen LogP contribution >= 0.6 is 0 Å². The van der Waals surface area contributed by atoms with Crippen molar-refractivity contribution in [2.45, 2.75) is 13.5 Å². The highest BCUT2D eigenvalue weighted by Gasteiger charge is 2.20. The summed E-state index contributed by atoms with van der Waals surface area (Å²) in [5.41, 5.74) is 3.57. The highest BCUT2D eigenvalue weighted by atomic mass is 16.1. The fourth-order valence-electron chi connectivity index (χ4n) is 3.49. The lowest BCUT2D eigenvalue weighted by Crippen LogP contribution is -2.46. The number of benzene rings is 2. The highest BCUT2D eigenvalue weighted by molar-refractivity contribution is 6.03. The number of piperazine rings is 1. The molecule has 0 aliphatic carbocycles. The van der Waals surface area contributed by atoms with Crippen molar-refractivity contribution < 1.29 is 4.79 Å². The molecule has 1 N–H and O–H groups in total. The van der Waals surface area contributed by atoms with Crippen LogP contribution in [-0.4, -0.2) is 47.0 Å². The van der Waals surface area contributed by atoms with Crippen LogP contribution in [0.15, 0.2) is 66.9 Å². The predicted octanol–water partition coefficient (Wildman–Crippen LogP) is 3.36. The van der Waals surface area contributed by atoms with E-state index in [1.165, 1.54) is 5.56 Å². The van der Waals surface area contributed by atoms with Gasteiger partial charge in [-0.05, 0) is 36.2 Å². The summed E-state index contributed by atoms with van der Waals surface area (Å²) in [5.74, 6) is 0.392. The number of hydrogen-bond acceptors (Lipinski definition) is 5. The van der Waals surface area contributed by atoms with Crippen LogP contribution < -0.4 is 10.2 Å². The number of anilines is 2. The number of aryl methyl sites for hydroxylation is 1. The first kappa shape index (κ1) is 19.1. The molecule has 0 unspecified atom stereocenters. The Kier molecular flexibility index (Phi) is 5.81. The van der Waals surface area contributed by atoms with E-state index in [9.17, 15) is 4.79 Å². The largest absolute Gasteiger partial charge is 0.338 e. The van der Waals surface area contributed by atoms with Crippen LogP contribution in [0.4, 0.5) is 11.6 Å². The van der Waals surface area contributed by atoms with E-state index >= 15 is 0 Å². The average molecular weight is 387 g/mol. The van der Waals surface area contributed by atoms with E-state index in [-0.39, 0.29) is 5.91 Å². The normalized spacial score (nSPS) is 14.6. The van der Waals surface area contributed by atoms with Crippen LogP contribution in [0.3, 0.4) is 0 Å². The first-order valence-electron chi connectivity index (χ1n) is 9.90. The van der Waals surface area contributed by atoms with Crippen LogP contribution in [0.25, 0.3) is 0 Å². The molecule has 2 aromatic carbocycles. The third-order valence-corrected chi connectivity index (χ3v) is 5.06. The second-order valence-electron chi connectivity index (χ2n) is 7.31. The van der Waals surface area contributed by atoms with Crippen molar-refractivity contribution in [2.24, 2.45) is 0 Å². The number of nitrogens with zero attached hydrogens (tertiary/aromatic N) is 4. The molecular formula is C23H25N5O. The number of nitrogens with one attached hydrogen (secondary N) is 1. The Labute approximate surface area is 171 Å². The molecule has 148 valence electrons. The Morgan fingerprint density at radius 3 is 2.55 bits per heavy atom. The van der Waals surface area contributed by atoms with Crippen molar-refractivity contribution in [1.29, 1.82) is 0 Å². The van der Waals surface area contributed by atoms with Gasteiger partial charge in [0.2, 0.25) is 5.95 Å². The summed E-state index contributed by atoms with van der Waals surface area (Å²) in [5, 5.41) is 2.91. The van der Waals surface area contributed by atoms with Gasteiger partial charge in [-0.2, -0.15) is 0 Å². The molecule has 0 saturated carbocycles. The standard InChI is InChI=1S/C23H25N5O/c1-18-6-5-9-20(16-18)25-22(29)21-10-11-24-23(26-21)28-14-12-27(13-15-28)17-19-7-3-2-4-8-19/h2-11,16H,12-15,17H2,1H3,(H,25,29). The van der Waals surface area contributed by atoms with Gasteiger partial charge in [0.25, 0.3) is 5.91 Å². The van der Waals surface area contributed by atoms with Gasteiger partial charge < -0.3 is 10.2 Å². The molecular weight excluding hydrogens is 362 g/mol. The van der Waals surface area contributed by atoms with Crippen molar-refractivity contribution >= 4 is 17.5 Å². The van der Waals surface area contributed by atoms with Gasteiger partial charge in [-0.1, -0.05) is 42.5 Å². The average Bonchev–Trinajstić information content (AvgIpc) is 2.75. The van der Waals surface area contributed by atoms with Gasteiger partial charge in [0.15, 0.2) is 0 Å². The van der Waals surface area contributed by atoms with E-state index in [1.54, 1.807) is 12.3 Å². The van der Waals surface area contributed by atoms with Gasteiger partial charge in [0.05, 0.1) is 0 Å². The number of hydrogen-bond donors (Lipinski definition) is 1. The van der Waals surface area contributed by atoms with Crippen molar-refractivity contribution in [2.75, 3.05) is 36.4 Å². The number of amides is 1. The lowest BCUT2D eigenvalue weighted by molar-refractivity contribution is 0.102. The van der Waals surface area contributed by atoms with E-state index in [0.717, 1.165) is 44.0 Å². The molecule has 2 heterocycles. The van der Waals surface area contributed by atoms with Crippen molar-refractivity contribution in [1.82, 2.24) is 14.9 Å². The third kappa shape index (κ3) is 4.97. The van der Waals surface area contributed by atoms with Crippen LogP contribution in [0.2, 0.25) is 0 Å². The maximum Gasteiger partial charge on any atom is 0.274 e. The summed E-state index contributed by atoms with van der Waals surface area (Å²) in [6.07, 6.45) is 1.66. The maximum atomic E-state index is 12.6. The lowest BCUT2D eigenvalue weighted by Gasteiger charge is -2.34. The monoisotopic (exact) mass is 387 g/mol. The molecule has 6 heteroatoms. The zero-order valence-electron chi connectivity index (χ0n) is 16.6. The lowest BCUT2D eigenvalue weighted by atomic mass is 10.2. The summed E-state index contributed by atoms with van der Waals surface area (Å²) in [7, 11) is 0. The number of carbonyl (C=O) groups is 1. The topological polar surface area (TPSA) is 61.4 Å². The molecule has 0 bridgehead atoms. The SMILES string of the molecule is Cc1cccc(NC(=O)c2ccnc(N3CCN(Cc4ccccc4)CC3)n2)c1. The van der Waals surface area contributed by atoms with Gasteiger partial charge in [-0.25, -0.2) is 9.97 Å². The Balaban J connectivity index is 1.37. The van der Waals surface area contributed by atoms with Gasteiger partial charge in [-0.3, -0.25) is 9.69 Å². The molecule has 3 aromatic rings. The second kappa shape index (κ2) is 8.84. The third-order valence-electron chi connectivity index (χ3n) is 5.06. The van der Waals surface area contributed by atoms with Crippen molar-refractivity contribution in [3.8, 4) is 0 Å². The Morgan fingerprint density at radius 1 is 1.00 bits per heavy atom. The van der Waals surface area contributed by atoms with Gasteiger partial charge in [0, 0.05) is 44.6 Å². The molecule has 0 spiro atoms. The first-order valence-corrected chi connectivity index (χ1v) is 9.90. The first-order chi connectivity index (χ1) is 14.2. The molecule has 0 atom stereocenters. The highest BCUT2D eigenvalue weighted by Crippen LogP contribution is 2.15. The zero-order valence-corrected chi connectivity index (χ0v) is 16.6. The minimum absolute atomic E-state index is 0.220. The van der Waals surface area contributed by atoms with Gasteiger partial charge in [-0.15, -0.1) is 0 Å². The number of carbonyl (C=O) groups excluding carboxylic acids is 1. The molecule has 1 fully saturated rings. The molecule has 1 amide bonds. The molecule has 1 saturated heterocycles. The van der Waals surface area contributed by atoms with Crippen LogP contribution in [0.5, 0.6) is 0 Å². The number of rotatable bonds is 5. The van der Waals surface area contributed by atoms with E-state index in [4.69, 9.17) is 0 Å². The van der Waals surface area contributed by atoms with Crippen molar-refractivity contribution in [3.63, 3.8) is 0 Å². The second-order valence-corrected chi connectivity index (χ2v) is 7.31. The Bertz CT molecular complexity index is 968. The minimum Gasteiger partial charge on any atom is -0.338 e. The molecule has 4 rings (SSSR count). The smallest absolute Gasteiger partial charge is 0.274 e. The zero-order chi connectivity index (χ0) is 20.1. The van der Waals surface area contributed by atoms with Crippen LogP contribution in [-0.2, 0) is 6.54 Å². The fraction of sp³-hybridized carbons (Fsp3) is 0.261. The summed E-state index contributed by atoms with van der Waals surface area (Å²) in [6, 6.07) is 19.9. The molecule has 0 radical (unpaired) electrons. The van der Waals surface area contributed by atoms with Crippen LogP contribution in [0, 0.1) is 6.92 Å². The van der Waals surface area contributed by atoms with Gasteiger partial charge >= 0.3 is 0 Å². The molecule has 6 nitrogen and oxygen atoms in total. The van der Waals surface area contributed by atoms with E-state index < -0.39 is 0 Å². The van der Waals surface area contributed by atoms with E-state index in [1.807, 2.05) is 37.3 Å². The minimum atomic E-state index is -0.220. The van der Waals surface area contributed by atoms with Crippen molar-refractivity contribution in [3.05, 3.63) is 83.7 Å². The summed E-state index contributed by atoms with van der Waals surface area (Å²) in [4.78, 5) is 26.1. The molecule has 1 aliphatic rings. The molecule has 29 heavy (non-hydrogen) atoms. The quantitative estimate of drug-likeness (QED) is 0.727. The summed E-state index contributed by atoms with van der Waals surface area (Å²) in [6.45, 7) is 6.52. The Hall–Kier alpha value is -3.25. The summed E-state index contributed by atoms with van der Waals surface area (Å²) >= 11 is 0. The number of aromatic nitrogens is 2. The maximum absolute atomic E-state index is 12.6. The van der Waals surface area contributed by atoms with E-state index in [0.29, 0.717) is 11.6 Å². The van der Waals surface area contributed by atoms with E-state index in [2.05, 4.69) is 49.4 Å². The fourth-order valence-corrected chi connectivity index (χ4v) is 3.49. The molecule has 1 aliphatic heterocycles. The Morgan fingerprint density at radius 2 is 1.79 bits per heavy atom. The predicted molar refractivity (Wildman–Crippen MR) is 115 cm³/mol. The molecule has 1 aromatic heterocycles.